The zero-order valence-corrected chi connectivity index (χ0v) is 25.5. The summed E-state index contributed by atoms with van der Waals surface area (Å²) in [5, 5.41) is 10.5. The van der Waals surface area contributed by atoms with Gasteiger partial charge in [0, 0.05) is 24.5 Å². The molecule has 1 aliphatic heterocycles. The molecule has 3 aromatic rings. The molecular weight excluding hydrogens is 626 g/mol. The maximum Gasteiger partial charge on any atom is 0.416 e. The van der Waals surface area contributed by atoms with E-state index in [9.17, 15) is 26.3 Å². The number of nitrogen functional groups attached to an aromatic ring is 2. The Hall–Kier alpha value is -5.15. The first-order chi connectivity index (χ1) is 22.1. The molecule has 0 bridgehead atoms. The van der Waals surface area contributed by atoms with Crippen molar-refractivity contribution in [1.29, 1.82) is 0 Å². The van der Waals surface area contributed by atoms with Gasteiger partial charge in [-0.2, -0.15) is 46.4 Å². The Morgan fingerprint density at radius 3 is 1.72 bits per heavy atom. The van der Waals surface area contributed by atoms with Crippen LogP contribution in [0.25, 0.3) is 12.2 Å². The number of nitrogens with one attached hydrogen (secondary N) is 3. The minimum atomic E-state index is -4.43. The molecule has 10 nitrogen and oxygen atoms in total. The molecule has 2 aromatic carbocycles. The van der Waals surface area contributed by atoms with Crippen molar-refractivity contribution in [2.75, 3.05) is 29.9 Å². The molecule has 7 N–H and O–H groups in total. The number of halogens is 6. The summed E-state index contributed by atoms with van der Waals surface area (Å²) in [5.74, 6) is 1.26. The van der Waals surface area contributed by atoms with Crippen LogP contribution in [0, 0.1) is 5.41 Å². The Bertz CT molecular complexity index is 1530. The monoisotopic (exact) mass is 660 g/mol. The van der Waals surface area contributed by atoms with E-state index in [2.05, 4.69) is 55.0 Å². The molecule has 16 heteroatoms. The summed E-state index contributed by atoms with van der Waals surface area (Å²) in [7, 11) is 0. The molecule has 250 valence electrons. The van der Waals surface area contributed by atoms with Crippen molar-refractivity contribution < 1.29 is 26.3 Å². The number of nitrogens with zero attached hydrogens (tertiary/aromatic N) is 5. The Labute approximate surface area is 267 Å². The quantitative estimate of drug-likeness (QED) is 0.118. The van der Waals surface area contributed by atoms with Crippen LogP contribution >= 0.6 is 0 Å². The highest BCUT2D eigenvalue weighted by Crippen LogP contribution is 2.30. The Kier molecular flexibility index (Phi) is 10.7. The van der Waals surface area contributed by atoms with Crippen LogP contribution in [0.4, 0.5) is 44.2 Å². The van der Waals surface area contributed by atoms with E-state index in [1.54, 1.807) is 24.3 Å². The molecule has 0 atom stereocenters. The Morgan fingerprint density at radius 2 is 1.32 bits per heavy atom. The van der Waals surface area contributed by atoms with Crippen LogP contribution in [-0.4, -0.2) is 45.8 Å². The lowest BCUT2D eigenvalue weighted by molar-refractivity contribution is -0.138. The number of rotatable bonds is 7. The van der Waals surface area contributed by atoms with Crippen molar-refractivity contribution in [3.63, 3.8) is 0 Å². The number of benzene rings is 2. The molecule has 0 saturated heterocycles. The number of hydrogen-bond donors (Lipinski definition) is 5. The number of aromatic nitrogens is 3. The minimum absolute atomic E-state index is 0.00266. The smallest absolute Gasteiger partial charge is 0.368 e. The predicted octanol–water partition coefficient (Wildman–Crippen LogP) is 5.99. The first-order valence-corrected chi connectivity index (χ1v) is 14.4. The lowest BCUT2D eigenvalue weighted by atomic mass is 9.93. The van der Waals surface area contributed by atoms with Gasteiger partial charge >= 0.3 is 12.4 Å². The fourth-order valence-electron chi connectivity index (χ4n) is 3.86. The number of alkyl halides is 6. The zero-order valence-electron chi connectivity index (χ0n) is 25.5. The van der Waals surface area contributed by atoms with E-state index in [1.807, 2.05) is 0 Å². The molecule has 1 fully saturated rings. The lowest BCUT2D eigenvalue weighted by Gasteiger charge is -2.28. The fraction of sp³-hybridized carbons (Fsp3) is 0.323. The van der Waals surface area contributed by atoms with E-state index in [-0.39, 0.29) is 17.3 Å². The second kappa shape index (κ2) is 14.5. The summed E-state index contributed by atoms with van der Waals surface area (Å²) < 4.78 is 76.7. The first-order valence-electron chi connectivity index (χ1n) is 14.4. The third-order valence-corrected chi connectivity index (χ3v) is 6.64. The molecule has 2 aliphatic rings. The minimum Gasteiger partial charge on any atom is -0.368 e. The number of guanidine groups is 1. The van der Waals surface area contributed by atoms with Gasteiger partial charge in [-0.15, -0.1) is 0 Å². The third kappa shape index (κ3) is 11.6. The first kappa shape index (κ1) is 34.7. The van der Waals surface area contributed by atoms with Crippen molar-refractivity contribution in [3.8, 4) is 0 Å². The summed E-state index contributed by atoms with van der Waals surface area (Å²) >= 11 is 0. The third-order valence-electron chi connectivity index (χ3n) is 6.64. The summed E-state index contributed by atoms with van der Waals surface area (Å²) in [6, 6.07) is 9.75. The van der Waals surface area contributed by atoms with E-state index in [1.165, 1.54) is 24.3 Å². The van der Waals surface area contributed by atoms with E-state index < -0.39 is 23.5 Å². The Balaban J connectivity index is 0.000000345. The van der Waals surface area contributed by atoms with Crippen LogP contribution in [0.2, 0.25) is 0 Å². The van der Waals surface area contributed by atoms with Crippen molar-refractivity contribution in [2.24, 2.45) is 15.5 Å². The largest absolute Gasteiger partial charge is 0.416 e. The second-order valence-electron chi connectivity index (χ2n) is 11.5. The van der Waals surface area contributed by atoms with Crippen LogP contribution in [0.1, 0.15) is 48.9 Å². The van der Waals surface area contributed by atoms with E-state index in [0.717, 1.165) is 37.1 Å². The van der Waals surface area contributed by atoms with Gasteiger partial charge in [0.15, 0.2) is 0 Å². The van der Waals surface area contributed by atoms with E-state index in [4.69, 9.17) is 11.5 Å². The molecule has 0 amide bonds. The normalized spacial score (nSPS) is 16.1. The Morgan fingerprint density at radius 1 is 0.830 bits per heavy atom. The summed E-state index contributed by atoms with van der Waals surface area (Å²) in [6.07, 6.45) is -0.227. The van der Waals surface area contributed by atoms with Crippen molar-refractivity contribution >= 4 is 41.7 Å². The summed E-state index contributed by atoms with van der Waals surface area (Å²) in [5.41, 5.74) is 13.5. The van der Waals surface area contributed by atoms with Crippen molar-refractivity contribution in [3.05, 3.63) is 82.9 Å². The second-order valence-corrected chi connectivity index (χ2v) is 11.5. The maximum atomic E-state index is 12.8. The molecule has 1 saturated carbocycles. The maximum absolute atomic E-state index is 12.8. The number of nitrogens with two attached hydrogens (primary N) is 2. The topological polar surface area (TPSA) is 152 Å². The van der Waals surface area contributed by atoms with E-state index in [0.29, 0.717) is 47.9 Å². The number of allylic oxidation sites excluding steroid dienone is 2. The van der Waals surface area contributed by atoms with Crippen LogP contribution in [-0.2, 0) is 12.4 Å². The van der Waals surface area contributed by atoms with Crippen molar-refractivity contribution in [2.45, 2.75) is 45.1 Å². The highest BCUT2D eigenvalue weighted by atomic mass is 19.4. The van der Waals surface area contributed by atoms with Gasteiger partial charge in [-0.05, 0) is 60.4 Å². The van der Waals surface area contributed by atoms with Gasteiger partial charge in [0.2, 0.25) is 23.8 Å². The van der Waals surface area contributed by atoms with Gasteiger partial charge in [-0.3, -0.25) is 4.99 Å². The van der Waals surface area contributed by atoms with Crippen LogP contribution in [0.3, 0.4) is 0 Å². The SMILES string of the molecule is CC1(C)CN=C(NN=C(/C=C/c2ccc(C(F)(F)F)cc2)/C=C/c2ccc(C(F)(F)F)cc2)NC1.Nc1nc(N)nc(NC2CC2)n1. The molecule has 2 heterocycles. The van der Waals surface area contributed by atoms with Gasteiger partial charge in [0.25, 0.3) is 0 Å². The van der Waals surface area contributed by atoms with Gasteiger partial charge in [-0.1, -0.05) is 50.3 Å². The number of aliphatic imine (C=N–C) groups is 1. The van der Waals surface area contributed by atoms with E-state index >= 15 is 0 Å². The zero-order chi connectivity index (χ0) is 34.2. The van der Waals surface area contributed by atoms with Gasteiger partial charge < -0.3 is 22.1 Å². The lowest BCUT2D eigenvalue weighted by Crippen LogP contribution is -2.46. The highest BCUT2D eigenvalue weighted by molar-refractivity contribution is 6.09. The predicted molar refractivity (Wildman–Crippen MR) is 171 cm³/mol. The molecule has 47 heavy (non-hydrogen) atoms. The molecular formula is C31H34F6N10. The molecule has 1 aromatic heterocycles. The van der Waals surface area contributed by atoms with Crippen LogP contribution in [0.15, 0.2) is 70.8 Å². The molecule has 5 rings (SSSR count). The summed E-state index contributed by atoms with van der Waals surface area (Å²) in [6.45, 7) is 5.41. The fourth-order valence-corrected chi connectivity index (χ4v) is 3.86. The molecule has 1 aliphatic carbocycles. The van der Waals surface area contributed by atoms with Gasteiger partial charge in [0.1, 0.15) is 0 Å². The average molecular weight is 661 g/mol. The average Bonchev–Trinajstić information content (AvgIpc) is 3.81. The van der Waals surface area contributed by atoms with Crippen molar-refractivity contribution in [1.82, 2.24) is 25.7 Å². The molecule has 0 spiro atoms. The number of hydrogen-bond acceptors (Lipinski definition) is 10. The highest BCUT2D eigenvalue weighted by Gasteiger charge is 2.30. The van der Waals surface area contributed by atoms with Gasteiger partial charge in [-0.25, -0.2) is 5.43 Å². The van der Waals surface area contributed by atoms with Crippen LogP contribution < -0.4 is 27.5 Å². The molecule has 0 unspecified atom stereocenters. The molecule has 0 radical (unpaired) electrons. The number of hydrazone groups is 1. The van der Waals surface area contributed by atoms with Crippen LogP contribution in [0.5, 0.6) is 0 Å². The number of anilines is 3. The van der Waals surface area contributed by atoms with Gasteiger partial charge in [0.05, 0.1) is 16.8 Å². The standard InChI is InChI=1S/C25H24F6N4.C6H10N6/c1-23(2)15-32-22(33-16-23)35-34-21(13-7-17-3-9-19(10-4-17)24(26,27)28)14-8-18-5-11-20(12-6-18)25(29,30)31;7-4-10-5(8)12-6(11-4)9-3-1-2-3/h3-14H,15-16H2,1-2H3,(H2,32,33,35);3H,1-2H2,(H5,7,8,9,10,11,12)/b13-7+,14-8+;. The summed E-state index contributed by atoms with van der Waals surface area (Å²) in [4.78, 5) is 15.8.